The van der Waals surface area contributed by atoms with Crippen molar-refractivity contribution >= 4 is 5.91 Å². The molecule has 3 aliphatic rings. The Balaban J connectivity index is 1.37. The van der Waals surface area contributed by atoms with Gasteiger partial charge in [0.1, 0.15) is 5.69 Å². The number of carbonyl (C=O) groups excluding carboxylic acids is 1. The highest BCUT2D eigenvalue weighted by atomic mass is 16.2. The van der Waals surface area contributed by atoms with Crippen LogP contribution in [0.15, 0.2) is 6.07 Å². The number of piperidine rings is 1. The third-order valence-electron chi connectivity index (χ3n) is 5.60. The number of rotatable bonds is 3. The van der Waals surface area contributed by atoms with Crippen molar-refractivity contribution in [1.82, 2.24) is 20.0 Å². The lowest BCUT2D eigenvalue weighted by atomic mass is 9.76. The maximum absolute atomic E-state index is 12.4. The first-order valence-corrected chi connectivity index (χ1v) is 8.23. The first-order chi connectivity index (χ1) is 10.2. The number of aromatic nitrogens is 2. The molecule has 0 bridgehead atoms. The first kappa shape index (κ1) is 13.3. The second kappa shape index (κ2) is 4.83. The maximum atomic E-state index is 12.4. The number of nitrogens with one attached hydrogen (secondary N) is 1. The fourth-order valence-corrected chi connectivity index (χ4v) is 3.87. The molecule has 2 saturated heterocycles. The highest BCUT2D eigenvalue weighted by Crippen LogP contribution is 2.43. The minimum atomic E-state index is 0.0854. The number of likely N-dealkylation sites (tertiary alicyclic amines) is 2. The third kappa shape index (κ3) is 2.37. The summed E-state index contributed by atoms with van der Waals surface area (Å²) in [5.74, 6) is 1.05. The maximum Gasteiger partial charge on any atom is 0.274 e. The quantitative estimate of drug-likeness (QED) is 0.923. The summed E-state index contributed by atoms with van der Waals surface area (Å²) in [5.41, 5.74) is 1.93. The average Bonchev–Trinajstić information content (AvgIpc) is 3.23. The van der Waals surface area contributed by atoms with E-state index in [1.165, 1.54) is 32.4 Å². The van der Waals surface area contributed by atoms with E-state index in [1.54, 1.807) is 0 Å². The zero-order chi connectivity index (χ0) is 14.4. The van der Waals surface area contributed by atoms with Gasteiger partial charge >= 0.3 is 0 Å². The van der Waals surface area contributed by atoms with Gasteiger partial charge in [-0.2, -0.15) is 5.10 Å². The van der Waals surface area contributed by atoms with Crippen molar-refractivity contribution in [2.75, 3.05) is 26.2 Å². The van der Waals surface area contributed by atoms with Gasteiger partial charge in [-0.05, 0) is 51.0 Å². The lowest BCUT2D eigenvalue weighted by Crippen LogP contribution is -2.64. The number of amides is 1. The minimum absolute atomic E-state index is 0.0854. The molecule has 4 rings (SSSR count). The monoisotopic (exact) mass is 288 g/mol. The SMILES string of the molecule is Cc1cc(C(=O)N2CCC3(CC2)CCN3CC2CC2)n[nH]1. The lowest BCUT2D eigenvalue weighted by molar-refractivity contribution is -0.0567. The minimum Gasteiger partial charge on any atom is -0.337 e. The Bertz CT molecular complexity index is 540. The molecule has 2 aliphatic heterocycles. The Morgan fingerprint density at radius 2 is 2.05 bits per heavy atom. The molecule has 1 amide bonds. The van der Waals surface area contributed by atoms with E-state index in [2.05, 4.69) is 15.1 Å². The molecule has 0 unspecified atom stereocenters. The summed E-state index contributed by atoms with van der Waals surface area (Å²) in [4.78, 5) is 17.1. The van der Waals surface area contributed by atoms with Crippen LogP contribution in [-0.4, -0.2) is 57.6 Å². The van der Waals surface area contributed by atoms with Crippen LogP contribution in [0.2, 0.25) is 0 Å². The molecule has 1 spiro atoms. The standard InChI is InChI=1S/C16H24N4O/c1-12-10-14(18-17-12)15(21)19-7-4-16(5-8-19)6-9-20(16)11-13-2-3-13/h10,13H,2-9,11H2,1H3,(H,17,18). The molecular formula is C16H24N4O. The lowest BCUT2D eigenvalue weighted by Gasteiger charge is -2.56. The van der Waals surface area contributed by atoms with Gasteiger partial charge in [0.2, 0.25) is 0 Å². The molecule has 0 atom stereocenters. The molecule has 5 heteroatoms. The van der Waals surface area contributed by atoms with Gasteiger partial charge in [0.05, 0.1) is 0 Å². The predicted molar refractivity (Wildman–Crippen MR) is 80.1 cm³/mol. The molecule has 21 heavy (non-hydrogen) atoms. The molecule has 3 fully saturated rings. The second-order valence-electron chi connectivity index (χ2n) is 7.09. The van der Waals surface area contributed by atoms with Gasteiger partial charge in [0.25, 0.3) is 5.91 Å². The zero-order valence-corrected chi connectivity index (χ0v) is 12.8. The van der Waals surface area contributed by atoms with Gasteiger partial charge in [0, 0.05) is 37.4 Å². The number of aryl methyl sites for hydroxylation is 1. The fourth-order valence-electron chi connectivity index (χ4n) is 3.87. The third-order valence-corrected chi connectivity index (χ3v) is 5.60. The van der Waals surface area contributed by atoms with Crippen LogP contribution in [0, 0.1) is 12.8 Å². The normalized spacial score (nSPS) is 25.1. The summed E-state index contributed by atoms with van der Waals surface area (Å²) < 4.78 is 0. The Labute approximate surface area is 125 Å². The van der Waals surface area contributed by atoms with Gasteiger partial charge in [0.15, 0.2) is 0 Å². The molecule has 1 aromatic rings. The Kier molecular flexibility index (Phi) is 3.06. The van der Waals surface area contributed by atoms with Gasteiger partial charge < -0.3 is 4.90 Å². The molecule has 114 valence electrons. The van der Waals surface area contributed by atoms with Gasteiger partial charge in [-0.25, -0.2) is 0 Å². The highest BCUT2D eigenvalue weighted by molar-refractivity contribution is 5.92. The second-order valence-corrected chi connectivity index (χ2v) is 7.09. The van der Waals surface area contributed by atoms with Gasteiger partial charge in [-0.1, -0.05) is 0 Å². The molecule has 5 nitrogen and oxygen atoms in total. The molecule has 0 aromatic carbocycles. The van der Waals surface area contributed by atoms with E-state index < -0.39 is 0 Å². The van der Waals surface area contributed by atoms with Crippen molar-refractivity contribution < 1.29 is 4.79 Å². The van der Waals surface area contributed by atoms with Crippen molar-refractivity contribution in [3.8, 4) is 0 Å². The van der Waals surface area contributed by atoms with Crippen LogP contribution in [0.25, 0.3) is 0 Å². The average molecular weight is 288 g/mol. The molecule has 1 saturated carbocycles. The Morgan fingerprint density at radius 3 is 2.57 bits per heavy atom. The van der Waals surface area contributed by atoms with Crippen molar-refractivity contribution in [2.45, 2.75) is 44.6 Å². The van der Waals surface area contributed by atoms with E-state index in [0.29, 0.717) is 11.2 Å². The van der Waals surface area contributed by atoms with Crippen LogP contribution in [0.3, 0.4) is 0 Å². The zero-order valence-electron chi connectivity index (χ0n) is 12.8. The summed E-state index contributed by atoms with van der Waals surface area (Å²) in [6.07, 6.45) is 6.44. The molecule has 1 aromatic heterocycles. The molecule has 1 N–H and O–H groups in total. The largest absolute Gasteiger partial charge is 0.337 e. The topological polar surface area (TPSA) is 52.2 Å². The molecule has 1 aliphatic carbocycles. The Hall–Kier alpha value is -1.36. The van der Waals surface area contributed by atoms with Crippen LogP contribution >= 0.6 is 0 Å². The van der Waals surface area contributed by atoms with E-state index in [4.69, 9.17) is 0 Å². The van der Waals surface area contributed by atoms with Crippen molar-refractivity contribution in [3.63, 3.8) is 0 Å². The van der Waals surface area contributed by atoms with E-state index in [0.717, 1.165) is 37.5 Å². The van der Waals surface area contributed by atoms with Crippen molar-refractivity contribution in [3.05, 3.63) is 17.5 Å². The van der Waals surface area contributed by atoms with Gasteiger partial charge in [-0.15, -0.1) is 0 Å². The van der Waals surface area contributed by atoms with Crippen LogP contribution < -0.4 is 0 Å². The molecule has 3 heterocycles. The van der Waals surface area contributed by atoms with Crippen LogP contribution in [0.4, 0.5) is 0 Å². The van der Waals surface area contributed by atoms with Crippen LogP contribution in [-0.2, 0) is 0 Å². The summed E-state index contributed by atoms with van der Waals surface area (Å²) >= 11 is 0. The van der Waals surface area contributed by atoms with E-state index in [1.807, 2.05) is 17.9 Å². The summed E-state index contributed by atoms with van der Waals surface area (Å²) in [6, 6.07) is 1.84. The number of nitrogens with zero attached hydrogens (tertiary/aromatic N) is 3. The highest BCUT2D eigenvalue weighted by Gasteiger charge is 2.48. The predicted octanol–water partition coefficient (Wildman–Crippen LogP) is 1.81. The van der Waals surface area contributed by atoms with Crippen molar-refractivity contribution in [1.29, 1.82) is 0 Å². The van der Waals surface area contributed by atoms with Gasteiger partial charge in [-0.3, -0.25) is 14.8 Å². The van der Waals surface area contributed by atoms with Crippen LogP contribution in [0.1, 0.15) is 48.3 Å². The smallest absolute Gasteiger partial charge is 0.274 e. The van der Waals surface area contributed by atoms with E-state index in [9.17, 15) is 4.79 Å². The number of H-pyrrole nitrogens is 1. The van der Waals surface area contributed by atoms with E-state index >= 15 is 0 Å². The van der Waals surface area contributed by atoms with E-state index in [-0.39, 0.29) is 5.91 Å². The van der Waals surface area contributed by atoms with Crippen LogP contribution in [0.5, 0.6) is 0 Å². The summed E-state index contributed by atoms with van der Waals surface area (Å²) in [6.45, 7) is 6.26. The number of hydrogen-bond donors (Lipinski definition) is 1. The Morgan fingerprint density at radius 1 is 1.33 bits per heavy atom. The number of aromatic amines is 1. The number of hydrogen-bond acceptors (Lipinski definition) is 3. The molecular weight excluding hydrogens is 264 g/mol. The molecule has 0 radical (unpaired) electrons. The summed E-state index contributed by atoms with van der Waals surface area (Å²) in [5, 5.41) is 6.95. The number of carbonyl (C=O) groups is 1. The first-order valence-electron chi connectivity index (χ1n) is 8.23. The summed E-state index contributed by atoms with van der Waals surface area (Å²) in [7, 11) is 0. The van der Waals surface area contributed by atoms with Crippen molar-refractivity contribution in [2.24, 2.45) is 5.92 Å². The fraction of sp³-hybridized carbons (Fsp3) is 0.750.